The molecule has 0 fully saturated rings. The summed E-state index contributed by atoms with van der Waals surface area (Å²) < 4.78 is 0. The number of hydrogen-bond acceptors (Lipinski definition) is 3. The first-order chi connectivity index (χ1) is 9.40. The summed E-state index contributed by atoms with van der Waals surface area (Å²) in [4.78, 5) is 14.1. The van der Waals surface area contributed by atoms with Crippen molar-refractivity contribution in [2.45, 2.75) is 38.8 Å². The van der Waals surface area contributed by atoms with Gasteiger partial charge in [-0.25, -0.2) is 0 Å². The van der Waals surface area contributed by atoms with Crippen LogP contribution in [0, 0.1) is 0 Å². The van der Waals surface area contributed by atoms with Gasteiger partial charge in [-0.3, -0.25) is 4.79 Å². The molecule has 0 spiro atoms. The van der Waals surface area contributed by atoms with Crippen LogP contribution < -0.4 is 5.32 Å². The lowest BCUT2D eigenvalue weighted by molar-refractivity contribution is 0.0314. The van der Waals surface area contributed by atoms with E-state index in [1.807, 2.05) is 52.2 Å². The number of hydrogen-bond donors (Lipinski definition) is 2. The minimum Gasteiger partial charge on any atom is -0.388 e. The largest absolute Gasteiger partial charge is 0.388 e. The molecule has 0 radical (unpaired) electrons. The molecule has 20 heavy (non-hydrogen) atoms. The SMILES string of the molecule is CCC(O)(CC)CNC(=O)c1ccc(CN(C)C)cc1. The molecule has 0 aliphatic heterocycles. The molecule has 0 atom stereocenters. The lowest BCUT2D eigenvalue weighted by atomic mass is 9.97. The first kappa shape index (κ1) is 16.7. The van der Waals surface area contributed by atoms with Gasteiger partial charge in [0.1, 0.15) is 0 Å². The Balaban J connectivity index is 2.60. The van der Waals surface area contributed by atoms with Crippen molar-refractivity contribution in [1.82, 2.24) is 10.2 Å². The predicted octanol–water partition coefficient (Wildman–Crippen LogP) is 2.03. The van der Waals surface area contributed by atoms with Crippen LogP contribution in [0.25, 0.3) is 0 Å². The zero-order chi connectivity index (χ0) is 15.2. The second-order valence-corrected chi connectivity index (χ2v) is 5.55. The number of nitrogens with zero attached hydrogens (tertiary/aromatic N) is 1. The Hall–Kier alpha value is -1.39. The molecule has 0 aromatic heterocycles. The molecule has 112 valence electrons. The van der Waals surface area contributed by atoms with Gasteiger partial charge in [0.2, 0.25) is 0 Å². The normalized spacial score (nSPS) is 11.7. The maximum absolute atomic E-state index is 12.0. The third kappa shape index (κ3) is 4.94. The fourth-order valence-electron chi connectivity index (χ4n) is 1.97. The molecule has 0 aliphatic rings. The highest BCUT2D eigenvalue weighted by atomic mass is 16.3. The van der Waals surface area contributed by atoms with E-state index in [2.05, 4.69) is 10.2 Å². The maximum atomic E-state index is 12.0. The molecule has 0 heterocycles. The summed E-state index contributed by atoms with van der Waals surface area (Å²) in [5, 5.41) is 12.9. The van der Waals surface area contributed by atoms with E-state index in [1.165, 1.54) is 5.56 Å². The molecule has 1 rings (SSSR count). The quantitative estimate of drug-likeness (QED) is 0.802. The third-order valence-corrected chi connectivity index (χ3v) is 3.61. The van der Waals surface area contributed by atoms with E-state index in [0.29, 0.717) is 18.4 Å². The lowest BCUT2D eigenvalue weighted by Gasteiger charge is -2.25. The standard InChI is InChI=1S/C16H26N2O2/c1-5-16(20,6-2)12-17-15(19)14-9-7-13(8-10-14)11-18(3)4/h7-10,20H,5-6,11-12H2,1-4H3,(H,17,19). The number of carbonyl (C=O) groups is 1. The summed E-state index contributed by atoms with van der Waals surface area (Å²) >= 11 is 0. The highest BCUT2D eigenvalue weighted by Crippen LogP contribution is 2.13. The van der Waals surface area contributed by atoms with Gasteiger partial charge in [0.05, 0.1) is 5.60 Å². The van der Waals surface area contributed by atoms with E-state index in [-0.39, 0.29) is 12.5 Å². The van der Waals surface area contributed by atoms with Gasteiger partial charge in [0.15, 0.2) is 0 Å². The molecule has 1 amide bonds. The second-order valence-electron chi connectivity index (χ2n) is 5.55. The molecule has 0 saturated heterocycles. The Labute approximate surface area is 121 Å². The highest BCUT2D eigenvalue weighted by molar-refractivity contribution is 5.94. The first-order valence-electron chi connectivity index (χ1n) is 7.14. The molecule has 4 heteroatoms. The number of benzene rings is 1. The fraction of sp³-hybridized carbons (Fsp3) is 0.562. The number of nitrogens with one attached hydrogen (secondary N) is 1. The molecule has 0 bridgehead atoms. The van der Waals surface area contributed by atoms with Crippen LogP contribution in [0.1, 0.15) is 42.6 Å². The van der Waals surface area contributed by atoms with E-state index in [0.717, 1.165) is 6.54 Å². The van der Waals surface area contributed by atoms with Crippen molar-refractivity contribution >= 4 is 5.91 Å². The monoisotopic (exact) mass is 278 g/mol. The Morgan fingerprint density at radius 1 is 1.20 bits per heavy atom. The first-order valence-corrected chi connectivity index (χ1v) is 7.14. The van der Waals surface area contributed by atoms with Crippen molar-refractivity contribution in [1.29, 1.82) is 0 Å². The van der Waals surface area contributed by atoms with Crippen molar-refractivity contribution in [3.8, 4) is 0 Å². The van der Waals surface area contributed by atoms with Gasteiger partial charge in [-0.2, -0.15) is 0 Å². The van der Waals surface area contributed by atoms with Crippen molar-refractivity contribution < 1.29 is 9.90 Å². The average Bonchev–Trinajstić information content (AvgIpc) is 2.44. The van der Waals surface area contributed by atoms with Crippen LogP contribution in [0.3, 0.4) is 0 Å². The summed E-state index contributed by atoms with van der Waals surface area (Å²) in [5.41, 5.74) is 0.993. The van der Waals surface area contributed by atoms with Crippen LogP contribution in [0.4, 0.5) is 0 Å². The molecule has 0 aliphatic carbocycles. The zero-order valence-corrected chi connectivity index (χ0v) is 12.9. The van der Waals surface area contributed by atoms with Crippen LogP contribution in [0.2, 0.25) is 0 Å². The maximum Gasteiger partial charge on any atom is 0.251 e. The lowest BCUT2D eigenvalue weighted by Crippen LogP contribution is -2.42. The summed E-state index contributed by atoms with van der Waals surface area (Å²) in [6.07, 6.45) is 1.26. The van der Waals surface area contributed by atoms with Crippen LogP contribution in [-0.2, 0) is 6.54 Å². The number of amides is 1. The predicted molar refractivity (Wildman–Crippen MR) is 81.7 cm³/mol. The molecule has 2 N–H and O–H groups in total. The molecule has 1 aromatic carbocycles. The van der Waals surface area contributed by atoms with E-state index in [4.69, 9.17) is 0 Å². The number of aliphatic hydroxyl groups is 1. The van der Waals surface area contributed by atoms with E-state index >= 15 is 0 Å². The highest BCUT2D eigenvalue weighted by Gasteiger charge is 2.22. The Morgan fingerprint density at radius 2 is 1.75 bits per heavy atom. The molecule has 0 unspecified atom stereocenters. The molecule has 4 nitrogen and oxygen atoms in total. The second kappa shape index (κ2) is 7.41. The van der Waals surface area contributed by atoms with Gasteiger partial charge in [0.25, 0.3) is 5.91 Å². The molecular formula is C16H26N2O2. The molecule has 1 aromatic rings. The van der Waals surface area contributed by atoms with Crippen molar-refractivity contribution in [2.75, 3.05) is 20.6 Å². The summed E-state index contributed by atoms with van der Waals surface area (Å²) in [5.74, 6) is -0.137. The van der Waals surface area contributed by atoms with Crippen molar-refractivity contribution in [3.05, 3.63) is 35.4 Å². The van der Waals surface area contributed by atoms with Gasteiger partial charge in [-0.15, -0.1) is 0 Å². The van der Waals surface area contributed by atoms with Gasteiger partial charge in [0, 0.05) is 18.7 Å². The topological polar surface area (TPSA) is 52.6 Å². The van der Waals surface area contributed by atoms with Crippen LogP contribution in [-0.4, -0.2) is 42.2 Å². The van der Waals surface area contributed by atoms with E-state index in [9.17, 15) is 9.90 Å². The van der Waals surface area contributed by atoms with Crippen LogP contribution in [0.5, 0.6) is 0 Å². The van der Waals surface area contributed by atoms with Gasteiger partial charge >= 0.3 is 0 Å². The zero-order valence-electron chi connectivity index (χ0n) is 12.9. The van der Waals surface area contributed by atoms with Gasteiger partial charge < -0.3 is 15.3 Å². The smallest absolute Gasteiger partial charge is 0.251 e. The number of carbonyl (C=O) groups excluding carboxylic acids is 1. The van der Waals surface area contributed by atoms with E-state index in [1.54, 1.807) is 0 Å². The number of rotatable bonds is 7. The third-order valence-electron chi connectivity index (χ3n) is 3.61. The fourth-order valence-corrected chi connectivity index (χ4v) is 1.97. The van der Waals surface area contributed by atoms with Crippen LogP contribution in [0.15, 0.2) is 24.3 Å². The van der Waals surface area contributed by atoms with E-state index < -0.39 is 5.60 Å². The van der Waals surface area contributed by atoms with Gasteiger partial charge in [-0.05, 0) is 44.6 Å². The molecule has 0 saturated carbocycles. The summed E-state index contributed by atoms with van der Waals surface area (Å²) in [6, 6.07) is 7.57. The summed E-state index contributed by atoms with van der Waals surface area (Å²) in [7, 11) is 4.02. The molecular weight excluding hydrogens is 252 g/mol. The van der Waals surface area contributed by atoms with Crippen LogP contribution >= 0.6 is 0 Å². The Bertz CT molecular complexity index is 423. The Kier molecular flexibility index (Phi) is 6.17. The van der Waals surface area contributed by atoms with Crippen molar-refractivity contribution in [3.63, 3.8) is 0 Å². The van der Waals surface area contributed by atoms with Gasteiger partial charge in [-0.1, -0.05) is 26.0 Å². The average molecular weight is 278 g/mol. The van der Waals surface area contributed by atoms with Crippen molar-refractivity contribution in [2.24, 2.45) is 0 Å². The minimum absolute atomic E-state index is 0.137. The summed E-state index contributed by atoms with van der Waals surface area (Å²) in [6.45, 7) is 4.99. The minimum atomic E-state index is -0.805. The Morgan fingerprint density at radius 3 is 2.20 bits per heavy atom.